The molecule has 0 rings (SSSR count). The molecule has 0 aliphatic carbocycles. The third-order valence-corrected chi connectivity index (χ3v) is 1.96. The molecule has 0 aliphatic heterocycles. The van der Waals surface area contributed by atoms with Crippen molar-refractivity contribution in [2.24, 2.45) is 22.4 Å². The van der Waals surface area contributed by atoms with Gasteiger partial charge in [0.1, 0.15) is 0 Å². The van der Waals surface area contributed by atoms with Crippen LogP contribution in [0.5, 0.6) is 0 Å². The van der Waals surface area contributed by atoms with Gasteiger partial charge in [0.2, 0.25) is 0 Å². The molecule has 0 heterocycles. The van der Waals surface area contributed by atoms with E-state index >= 15 is 0 Å². The molecule has 0 saturated carbocycles. The van der Waals surface area contributed by atoms with Gasteiger partial charge in [-0.3, -0.25) is 4.99 Å². The minimum Gasteiger partial charge on any atom is -0.480 e. The number of hydrogen-bond acceptors (Lipinski definition) is 4. The maximum atomic E-state index is 10.7. The van der Waals surface area contributed by atoms with E-state index < -0.39 is 23.0 Å². The molecule has 0 aromatic heterocycles. The highest BCUT2D eigenvalue weighted by Gasteiger charge is 2.28. The largest absolute Gasteiger partial charge is 0.480 e. The summed E-state index contributed by atoms with van der Waals surface area (Å²) in [6.45, 7) is 1.80. The number of aliphatic imine (C=N–C) groups is 1. The highest BCUT2D eigenvalue weighted by molar-refractivity contribution is 5.75. The minimum absolute atomic E-state index is 0.0960. The number of nitrogens with two attached hydrogens (primary N) is 2. The zero-order valence-corrected chi connectivity index (χ0v) is 8.79. The molecule has 0 bridgehead atoms. The van der Waals surface area contributed by atoms with Crippen molar-refractivity contribution >= 4 is 11.9 Å². The van der Waals surface area contributed by atoms with Crippen molar-refractivity contribution in [3.8, 4) is 0 Å². The molecule has 16 heavy (non-hydrogen) atoms. The molecule has 0 radical (unpaired) electrons. The Morgan fingerprint density at radius 2 is 2.19 bits per heavy atom. The van der Waals surface area contributed by atoms with Crippen LogP contribution in [0.2, 0.25) is 0 Å². The third kappa shape index (κ3) is 5.62. The average Bonchev–Trinajstić information content (AvgIpc) is 2.12. The van der Waals surface area contributed by atoms with Crippen molar-refractivity contribution in [2.75, 3.05) is 6.54 Å². The second kappa shape index (κ2) is 6.43. The molecule has 0 fully saturated rings. The van der Waals surface area contributed by atoms with Gasteiger partial charge in [-0.25, -0.2) is 14.9 Å². The number of nitrogens with zero attached hydrogens (tertiary/aromatic N) is 2. The Kier molecular flexibility index (Phi) is 5.60. The molecule has 9 nitrogen and oxygen atoms in total. The summed E-state index contributed by atoms with van der Waals surface area (Å²) in [5, 5.41) is 18.0. The smallest absolute Gasteiger partial charge is 0.332 e. The quantitative estimate of drug-likeness (QED) is 0.181. The van der Waals surface area contributed by atoms with Crippen molar-refractivity contribution < 1.29 is 14.9 Å². The van der Waals surface area contributed by atoms with Crippen LogP contribution < -0.4 is 16.9 Å². The van der Waals surface area contributed by atoms with Gasteiger partial charge in [-0.2, -0.15) is 0 Å². The summed E-state index contributed by atoms with van der Waals surface area (Å²) in [7, 11) is 0. The molecule has 9 heteroatoms. The molecule has 0 saturated heterocycles. The molecule has 0 aromatic rings. The lowest BCUT2D eigenvalue weighted by atomic mass is 9.99. The van der Waals surface area contributed by atoms with E-state index in [9.17, 15) is 14.9 Å². The number of carboxylic acids is 1. The van der Waals surface area contributed by atoms with Gasteiger partial charge in [-0.1, -0.05) is 6.92 Å². The average molecular weight is 233 g/mol. The van der Waals surface area contributed by atoms with Gasteiger partial charge in [0, 0.05) is 6.54 Å². The summed E-state index contributed by atoms with van der Waals surface area (Å²) in [6, 6.07) is -1.26. The Morgan fingerprint density at radius 3 is 2.56 bits per heavy atom. The molecule has 2 atom stereocenters. The molecule has 6 N–H and O–H groups in total. The summed E-state index contributed by atoms with van der Waals surface area (Å²) >= 11 is 0. The van der Waals surface area contributed by atoms with Gasteiger partial charge < -0.3 is 16.6 Å². The van der Waals surface area contributed by atoms with Crippen LogP contribution in [0.25, 0.3) is 0 Å². The monoisotopic (exact) mass is 233 g/mol. The molecule has 1 unspecified atom stereocenters. The number of nitrogens with one attached hydrogen (secondary N) is 1. The Morgan fingerprint density at radius 1 is 1.62 bits per heavy atom. The fraction of sp³-hybridized carbons (Fsp3) is 0.714. The second-order valence-electron chi connectivity index (χ2n) is 3.27. The van der Waals surface area contributed by atoms with Crippen molar-refractivity contribution in [1.29, 1.82) is 0 Å². The minimum atomic E-state index is -1.28. The standard InChI is InChI=1S/C7H15N5O4/c1-4(2-3-10-7(8)9)5(6(13)14)11-12(15)16/h4-5,11H,2-3H2,1H3,(H,13,14)(H4,8,9,10)/t4?,5-/m0/s1. The molecular weight excluding hydrogens is 218 g/mol. The fourth-order valence-corrected chi connectivity index (χ4v) is 1.10. The predicted molar refractivity (Wildman–Crippen MR) is 56.0 cm³/mol. The number of carboxylic acid groups (broad SMARTS) is 1. The summed E-state index contributed by atoms with van der Waals surface area (Å²) in [5.41, 5.74) is 11.9. The Balaban J connectivity index is 4.27. The molecular formula is C7H15N5O4. The topological polar surface area (TPSA) is 157 Å². The number of guanidine groups is 1. The number of aliphatic carboxylic acids is 1. The zero-order chi connectivity index (χ0) is 12.7. The van der Waals surface area contributed by atoms with Crippen LogP contribution in [0, 0.1) is 16.0 Å². The SMILES string of the molecule is CC(CCN=C(N)N)[C@H](N[N+](=O)[O-])C(=O)O. The third-order valence-electron chi connectivity index (χ3n) is 1.96. The molecule has 0 amide bonds. The van der Waals surface area contributed by atoms with Crippen LogP contribution in [0.1, 0.15) is 13.3 Å². The summed E-state index contributed by atoms with van der Waals surface area (Å²) in [6.07, 6.45) is 0.329. The maximum Gasteiger partial charge on any atom is 0.332 e. The summed E-state index contributed by atoms with van der Waals surface area (Å²) in [4.78, 5) is 24.6. The summed E-state index contributed by atoms with van der Waals surface area (Å²) < 4.78 is 0. The van der Waals surface area contributed by atoms with Crippen molar-refractivity contribution in [2.45, 2.75) is 19.4 Å². The summed E-state index contributed by atoms with van der Waals surface area (Å²) in [5.74, 6) is -1.85. The van der Waals surface area contributed by atoms with E-state index in [1.807, 2.05) is 0 Å². The van der Waals surface area contributed by atoms with Gasteiger partial charge >= 0.3 is 5.97 Å². The lowest BCUT2D eigenvalue weighted by molar-refractivity contribution is -0.550. The van der Waals surface area contributed by atoms with E-state index in [0.29, 0.717) is 6.42 Å². The van der Waals surface area contributed by atoms with Gasteiger partial charge in [-0.15, -0.1) is 5.43 Å². The first-order valence-corrected chi connectivity index (χ1v) is 4.53. The van der Waals surface area contributed by atoms with Crippen LogP contribution in [-0.4, -0.2) is 34.7 Å². The molecule has 0 aliphatic rings. The van der Waals surface area contributed by atoms with Gasteiger partial charge in [0.15, 0.2) is 17.0 Å². The number of carbonyl (C=O) groups is 1. The lowest BCUT2D eigenvalue weighted by Gasteiger charge is -2.16. The van der Waals surface area contributed by atoms with Gasteiger partial charge in [-0.05, 0) is 12.3 Å². The van der Waals surface area contributed by atoms with Crippen LogP contribution in [0.4, 0.5) is 0 Å². The Labute approximate surface area is 91.6 Å². The predicted octanol–water partition coefficient (Wildman–Crippen LogP) is -1.48. The fourth-order valence-electron chi connectivity index (χ4n) is 1.10. The Hall–Kier alpha value is -2.06. The molecule has 0 aromatic carbocycles. The van der Waals surface area contributed by atoms with Gasteiger partial charge in [0.25, 0.3) is 0 Å². The second-order valence-corrected chi connectivity index (χ2v) is 3.27. The zero-order valence-electron chi connectivity index (χ0n) is 8.79. The van der Waals surface area contributed by atoms with E-state index in [0.717, 1.165) is 0 Å². The van der Waals surface area contributed by atoms with Crippen LogP contribution in [0.15, 0.2) is 4.99 Å². The van der Waals surface area contributed by atoms with Crippen molar-refractivity contribution in [1.82, 2.24) is 5.43 Å². The molecule has 92 valence electrons. The normalized spacial score (nSPS) is 13.6. The van der Waals surface area contributed by atoms with Crippen LogP contribution in [-0.2, 0) is 4.79 Å². The van der Waals surface area contributed by atoms with E-state index in [1.165, 1.54) is 0 Å². The first kappa shape index (κ1) is 13.9. The Bertz CT molecular complexity index is 289. The molecule has 0 spiro atoms. The number of nitro groups is 1. The number of hydrazine groups is 1. The first-order valence-electron chi connectivity index (χ1n) is 4.53. The number of rotatable bonds is 7. The van der Waals surface area contributed by atoms with Crippen LogP contribution >= 0.6 is 0 Å². The maximum absolute atomic E-state index is 10.7. The van der Waals surface area contributed by atoms with E-state index in [-0.39, 0.29) is 12.5 Å². The van der Waals surface area contributed by atoms with E-state index in [2.05, 4.69) is 4.99 Å². The van der Waals surface area contributed by atoms with Crippen LogP contribution in [0.3, 0.4) is 0 Å². The lowest BCUT2D eigenvalue weighted by Crippen LogP contribution is -2.45. The van der Waals surface area contributed by atoms with E-state index in [4.69, 9.17) is 16.6 Å². The van der Waals surface area contributed by atoms with Crippen molar-refractivity contribution in [3.63, 3.8) is 0 Å². The number of hydrogen-bond donors (Lipinski definition) is 4. The first-order chi connectivity index (χ1) is 7.34. The highest BCUT2D eigenvalue weighted by atomic mass is 16.7. The highest BCUT2D eigenvalue weighted by Crippen LogP contribution is 2.08. The van der Waals surface area contributed by atoms with Gasteiger partial charge in [0.05, 0.1) is 0 Å². The van der Waals surface area contributed by atoms with Crippen molar-refractivity contribution in [3.05, 3.63) is 10.1 Å². The van der Waals surface area contributed by atoms with E-state index in [1.54, 1.807) is 12.3 Å².